The molecule has 2 aromatic rings. The first-order valence-corrected chi connectivity index (χ1v) is 13.4. The van der Waals surface area contributed by atoms with E-state index in [1.807, 2.05) is 77.3 Å². The van der Waals surface area contributed by atoms with Crippen LogP contribution in [-0.4, -0.2) is 68.0 Å². The number of hydrogen-bond donors (Lipinski definition) is 0. The molecule has 2 heterocycles. The molecule has 0 saturated heterocycles. The summed E-state index contributed by atoms with van der Waals surface area (Å²) in [4.78, 5) is 30.1. The van der Waals surface area contributed by atoms with E-state index >= 15 is 0 Å². The van der Waals surface area contributed by atoms with Crippen molar-refractivity contribution in [3.63, 3.8) is 0 Å². The number of carbonyl (C=O) groups excluding carboxylic acids is 2. The molecule has 0 spiro atoms. The summed E-state index contributed by atoms with van der Waals surface area (Å²) in [6.07, 6.45) is 18.4. The minimum atomic E-state index is -0.620. The molecular weight excluding hydrogens is 537 g/mol. The first-order chi connectivity index (χ1) is 18.2. The molecule has 210 valence electrons. The lowest BCUT2D eigenvalue weighted by atomic mass is 9.88. The van der Waals surface area contributed by atoms with Gasteiger partial charge in [-0.1, -0.05) is 36.5 Å². The summed E-state index contributed by atoms with van der Waals surface area (Å²) < 4.78 is 3.37. The Morgan fingerprint density at radius 3 is 1.72 bits per heavy atom. The van der Waals surface area contributed by atoms with E-state index in [2.05, 4.69) is 15.2 Å². The maximum Gasteiger partial charge on any atom is 0.221 e. The number of hydrogen-bond acceptors (Lipinski definition) is 5. The summed E-state index contributed by atoms with van der Waals surface area (Å²) in [7, 11) is 0. The summed E-state index contributed by atoms with van der Waals surface area (Å²) in [5, 5.41) is 8.28. The second-order valence-corrected chi connectivity index (χ2v) is 12.0. The molecule has 2 aliphatic rings. The fourth-order valence-corrected chi connectivity index (χ4v) is 5.75. The van der Waals surface area contributed by atoms with Gasteiger partial charge in [-0.2, -0.15) is 10.2 Å². The van der Waals surface area contributed by atoms with E-state index in [1.54, 1.807) is 38.6 Å². The van der Waals surface area contributed by atoms with Crippen LogP contribution in [0.25, 0.3) is 0 Å². The van der Waals surface area contributed by atoms with Crippen LogP contribution < -0.4 is 0 Å². The fraction of sp³-hybridized carbons (Fsp3) is 0.464. The Bertz CT molecular complexity index is 1290. The van der Waals surface area contributed by atoms with Crippen molar-refractivity contribution in [3.8, 4) is 0 Å². The average molecular weight is 575 g/mol. The molecule has 0 saturated carbocycles. The number of allylic oxidation sites excluding steroid dienone is 4. The van der Waals surface area contributed by atoms with Gasteiger partial charge in [-0.15, -0.1) is 23.2 Å². The highest BCUT2D eigenvalue weighted by Gasteiger charge is 2.39. The van der Waals surface area contributed by atoms with Crippen LogP contribution in [-0.2, 0) is 22.9 Å². The molecule has 0 N–H and O–H groups in total. The smallest absolute Gasteiger partial charge is 0.221 e. The molecule has 2 aromatic heterocycles. The maximum absolute atomic E-state index is 12.1. The Balaban J connectivity index is 0.000000216. The van der Waals surface area contributed by atoms with Crippen LogP contribution in [0.4, 0.5) is 0 Å². The Morgan fingerprint density at radius 1 is 0.872 bits per heavy atom. The normalized spacial score (nSPS) is 25.8. The van der Waals surface area contributed by atoms with Gasteiger partial charge in [0, 0.05) is 20.0 Å². The van der Waals surface area contributed by atoms with Crippen LogP contribution in [0.5, 0.6) is 0 Å². The molecule has 4 unspecified atom stereocenters. The summed E-state index contributed by atoms with van der Waals surface area (Å²) in [6, 6.07) is -0.364. The van der Waals surface area contributed by atoms with Crippen molar-refractivity contribution < 1.29 is 9.59 Å². The third-order valence-corrected chi connectivity index (χ3v) is 7.42. The zero-order valence-corrected chi connectivity index (χ0v) is 25.1. The molecule has 39 heavy (non-hydrogen) atoms. The lowest BCUT2D eigenvalue weighted by Gasteiger charge is -2.40. The zero-order valence-electron chi connectivity index (χ0n) is 23.5. The molecule has 0 bridgehead atoms. The van der Waals surface area contributed by atoms with Crippen LogP contribution in [0.15, 0.2) is 72.7 Å². The zero-order chi connectivity index (χ0) is 29.0. The summed E-state index contributed by atoms with van der Waals surface area (Å²) in [6.45, 7) is 13.6. The highest BCUT2D eigenvalue weighted by Crippen LogP contribution is 2.35. The quantitative estimate of drug-likeness (QED) is 0.461. The molecular formula is C28H37Cl2N7O2. The number of amides is 2. The van der Waals surface area contributed by atoms with Gasteiger partial charge in [-0.25, -0.2) is 9.67 Å². The Hall–Kier alpha value is -3.17. The lowest BCUT2D eigenvalue weighted by molar-refractivity contribution is -0.133. The molecule has 4 atom stereocenters. The van der Waals surface area contributed by atoms with E-state index in [0.717, 1.165) is 16.7 Å². The third-order valence-electron chi connectivity index (χ3n) is 6.75. The van der Waals surface area contributed by atoms with Crippen molar-refractivity contribution in [3.05, 3.63) is 78.2 Å². The van der Waals surface area contributed by atoms with E-state index in [1.165, 1.54) is 13.3 Å². The molecule has 0 radical (unpaired) electrons. The summed E-state index contributed by atoms with van der Waals surface area (Å²) in [5.41, 5.74) is 3.19. The van der Waals surface area contributed by atoms with Gasteiger partial charge in [0.15, 0.2) is 0 Å². The Kier molecular flexibility index (Phi) is 9.61. The highest BCUT2D eigenvalue weighted by molar-refractivity contribution is 6.26. The molecule has 2 amide bonds. The highest BCUT2D eigenvalue weighted by atomic mass is 35.5. The van der Waals surface area contributed by atoms with Gasteiger partial charge in [-0.05, 0) is 51.3 Å². The van der Waals surface area contributed by atoms with E-state index in [0.29, 0.717) is 13.3 Å². The monoisotopic (exact) mass is 573 g/mol. The Morgan fingerprint density at radius 2 is 1.36 bits per heavy atom. The summed E-state index contributed by atoms with van der Waals surface area (Å²) >= 11 is 13.1. The number of halogens is 2. The number of rotatable bonds is 6. The SMILES string of the molecule is CC(=O)N(Cn1cc(C)cn1)C1C(C)=CC=CC1(C)Cl.CC(=O)N(Cn1cncn1)C1C(C)=CC=CC1(C)Cl. The van der Waals surface area contributed by atoms with E-state index in [-0.39, 0.29) is 23.9 Å². The van der Waals surface area contributed by atoms with Crippen LogP contribution >= 0.6 is 23.2 Å². The van der Waals surface area contributed by atoms with Gasteiger partial charge in [0.05, 0.1) is 28.0 Å². The van der Waals surface area contributed by atoms with Crippen LogP contribution in [0.3, 0.4) is 0 Å². The second kappa shape index (κ2) is 12.3. The van der Waals surface area contributed by atoms with Crippen molar-refractivity contribution in [2.24, 2.45) is 0 Å². The molecule has 11 heteroatoms. The van der Waals surface area contributed by atoms with Crippen molar-refractivity contribution in [2.45, 2.75) is 83.6 Å². The maximum atomic E-state index is 12.1. The topological polar surface area (TPSA) is 89.2 Å². The van der Waals surface area contributed by atoms with Gasteiger partial charge in [0.1, 0.15) is 26.0 Å². The molecule has 0 aromatic carbocycles. The van der Waals surface area contributed by atoms with Gasteiger partial charge >= 0.3 is 0 Å². The van der Waals surface area contributed by atoms with E-state index in [9.17, 15) is 9.59 Å². The van der Waals surface area contributed by atoms with Crippen molar-refractivity contribution in [1.29, 1.82) is 0 Å². The average Bonchev–Trinajstić information content (AvgIpc) is 3.48. The van der Waals surface area contributed by atoms with Crippen LogP contribution in [0.2, 0.25) is 0 Å². The van der Waals surface area contributed by atoms with Crippen LogP contribution in [0.1, 0.15) is 47.1 Å². The van der Waals surface area contributed by atoms with Crippen LogP contribution in [0, 0.1) is 6.92 Å². The van der Waals surface area contributed by atoms with E-state index < -0.39 is 9.75 Å². The minimum absolute atomic E-state index is 0.0157. The second-order valence-electron chi connectivity index (χ2n) is 10.4. The first kappa shape index (κ1) is 30.4. The number of aryl methyl sites for hydroxylation is 1. The summed E-state index contributed by atoms with van der Waals surface area (Å²) in [5.74, 6) is -0.0616. The fourth-order valence-electron chi connectivity index (χ4n) is 5.02. The predicted octanol–water partition coefficient (Wildman–Crippen LogP) is 4.85. The molecule has 9 nitrogen and oxygen atoms in total. The number of aromatic nitrogens is 5. The van der Waals surface area contributed by atoms with Gasteiger partial charge in [0.25, 0.3) is 0 Å². The number of nitrogens with zero attached hydrogens (tertiary/aromatic N) is 7. The first-order valence-electron chi connectivity index (χ1n) is 12.7. The van der Waals surface area contributed by atoms with Gasteiger partial charge in [-0.3, -0.25) is 14.3 Å². The molecule has 0 aliphatic heterocycles. The van der Waals surface area contributed by atoms with E-state index in [4.69, 9.17) is 23.2 Å². The number of alkyl halides is 2. The van der Waals surface area contributed by atoms with Crippen molar-refractivity contribution in [1.82, 2.24) is 34.3 Å². The van der Waals surface area contributed by atoms with Gasteiger partial charge in [0.2, 0.25) is 11.8 Å². The number of carbonyl (C=O) groups is 2. The predicted molar refractivity (Wildman–Crippen MR) is 154 cm³/mol. The largest absolute Gasteiger partial charge is 0.314 e. The Labute approximate surface area is 240 Å². The third kappa shape index (κ3) is 7.48. The van der Waals surface area contributed by atoms with Gasteiger partial charge < -0.3 is 9.80 Å². The molecule has 4 rings (SSSR count). The van der Waals surface area contributed by atoms with Crippen molar-refractivity contribution >= 4 is 35.0 Å². The van der Waals surface area contributed by atoms with Crippen molar-refractivity contribution in [2.75, 3.05) is 0 Å². The molecule has 2 aliphatic carbocycles. The standard InChI is InChI=1S/C15H20ClN3O.C13H17ClN4O/c1-11-8-17-18(9-11)10-19(13(3)20)14-12(2)6-5-7-15(14,4)16;1-10-5-4-6-13(3,14)12(10)18(11(2)19)9-17-8-15-7-16-17/h5-9,14H,10H2,1-4H3;4-8,12H,9H2,1-3H3. The molecule has 0 fully saturated rings. The minimum Gasteiger partial charge on any atom is -0.314 e. The lowest BCUT2D eigenvalue weighted by Crippen LogP contribution is -2.51.